The summed E-state index contributed by atoms with van der Waals surface area (Å²) >= 11 is 1.67. The van der Waals surface area contributed by atoms with Gasteiger partial charge in [-0.2, -0.15) is 0 Å². The first-order chi connectivity index (χ1) is 9.15. The molecule has 0 aromatic rings. The molecule has 0 bridgehead atoms. The summed E-state index contributed by atoms with van der Waals surface area (Å²) in [7, 11) is 1.80. The van der Waals surface area contributed by atoms with Gasteiger partial charge in [-0.25, -0.2) is 0 Å². The molecule has 0 saturated carbocycles. The zero-order chi connectivity index (χ0) is 13.8. The minimum Gasteiger partial charge on any atom is -0.344 e. The second kappa shape index (κ2) is 6.46. The summed E-state index contributed by atoms with van der Waals surface area (Å²) in [5.41, 5.74) is 0.908. The van der Waals surface area contributed by atoms with Gasteiger partial charge in [0.15, 0.2) is 0 Å². The molecule has 1 atom stereocenters. The van der Waals surface area contributed by atoms with Crippen LogP contribution in [-0.2, 0) is 9.59 Å². The van der Waals surface area contributed by atoms with Crippen LogP contribution < -0.4 is 0 Å². The summed E-state index contributed by atoms with van der Waals surface area (Å²) in [4.78, 5) is 28.2. The first-order valence-electron chi connectivity index (χ1n) is 6.98. The monoisotopic (exact) mass is 282 g/mol. The van der Waals surface area contributed by atoms with Crippen molar-refractivity contribution in [2.45, 2.75) is 38.6 Å². The lowest BCUT2D eigenvalue weighted by Crippen LogP contribution is -2.48. The number of hydrogen-bond acceptors (Lipinski definition) is 3. The molecule has 19 heavy (non-hydrogen) atoms. The van der Waals surface area contributed by atoms with Crippen molar-refractivity contribution in [1.29, 1.82) is 0 Å². The van der Waals surface area contributed by atoms with Gasteiger partial charge in [-0.3, -0.25) is 9.59 Å². The molecule has 0 unspecified atom stereocenters. The SMILES string of the molecule is CCN(C)C(=O)[C@H]1CSCN1C(=O)C1=CCCCC1. The van der Waals surface area contributed by atoms with Gasteiger partial charge in [0, 0.05) is 24.9 Å². The van der Waals surface area contributed by atoms with Crippen LogP contribution in [0.5, 0.6) is 0 Å². The smallest absolute Gasteiger partial charge is 0.250 e. The van der Waals surface area contributed by atoms with E-state index in [1.165, 1.54) is 6.42 Å². The van der Waals surface area contributed by atoms with E-state index >= 15 is 0 Å². The van der Waals surface area contributed by atoms with Crippen LogP contribution in [-0.4, -0.2) is 52.9 Å². The maximum Gasteiger partial charge on any atom is 0.250 e. The lowest BCUT2D eigenvalue weighted by atomic mass is 9.98. The normalized spacial score (nSPS) is 23.2. The van der Waals surface area contributed by atoms with Gasteiger partial charge in [-0.1, -0.05) is 6.08 Å². The molecular formula is C14H22N2O2S. The molecular weight excluding hydrogens is 260 g/mol. The molecule has 2 rings (SSSR count). The highest BCUT2D eigenvalue weighted by atomic mass is 32.2. The van der Waals surface area contributed by atoms with E-state index in [2.05, 4.69) is 6.08 Å². The minimum atomic E-state index is -0.273. The Morgan fingerprint density at radius 3 is 2.89 bits per heavy atom. The van der Waals surface area contributed by atoms with E-state index < -0.39 is 0 Å². The van der Waals surface area contributed by atoms with E-state index in [-0.39, 0.29) is 17.9 Å². The van der Waals surface area contributed by atoms with Gasteiger partial charge >= 0.3 is 0 Å². The number of carbonyl (C=O) groups excluding carboxylic acids is 2. The molecule has 1 saturated heterocycles. The summed E-state index contributed by atoms with van der Waals surface area (Å²) < 4.78 is 0. The number of likely N-dealkylation sites (N-methyl/N-ethyl adjacent to an activating group) is 1. The predicted octanol–water partition coefficient (Wildman–Crippen LogP) is 1.87. The predicted molar refractivity (Wildman–Crippen MR) is 77.8 cm³/mol. The molecule has 5 heteroatoms. The third-order valence-corrected chi connectivity index (χ3v) is 4.86. The van der Waals surface area contributed by atoms with Gasteiger partial charge in [0.2, 0.25) is 5.91 Å². The number of hydrogen-bond donors (Lipinski definition) is 0. The van der Waals surface area contributed by atoms with Crippen molar-refractivity contribution in [3.8, 4) is 0 Å². The van der Waals surface area contributed by atoms with Crippen molar-refractivity contribution < 1.29 is 9.59 Å². The molecule has 0 aromatic carbocycles. The van der Waals surface area contributed by atoms with Crippen LogP contribution in [0.3, 0.4) is 0 Å². The van der Waals surface area contributed by atoms with Gasteiger partial charge < -0.3 is 9.80 Å². The van der Waals surface area contributed by atoms with E-state index in [4.69, 9.17) is 0 Å². The quantitative estimate of drug-likeness (QED) is 0.793. The Morgan fingerprint density at radius 1 is 1.47 bits per heavy atom. The van der Waals surface area contributed by atoms with E-state index in [9.17, 15) is 9.59 Å². The van der Waals surface area contributed by atoms with E-state index in [1.54, 1.807) is 28.6 Å². The summed E-state index contributed by atoms with van der Waals surface area (Å²) in [5.74, 6) is 1.51. The van der Waals surface area contributed by atoms with Crippen LogP contribution in [0.4, 0.5) is 0 Å². The lowest BCUT2D eigenvalue weighted by molar-refractivity contribution is -0.140. The number of rotatable bonds is 3. The average molecular weight is 282 g/mol. The Bertz CT molecular complexity index is 395. The first kappa shape index (κ1) is 14.4. The van der Waals surface area contributed by atoms with Crippen LogP contribution >= 0.6 is 11.8 Å². The number of allylic oxidation sites excluding steroid dienone is 1. The molecule has 1 aliphatic carbocycles. The van der Waals surface area contributed by atoms with Gasteiger partial charge in [0.25, 0.3) is 5.91 Å². The molecule has 106 valence electrons. The Balaban J connectivity index is 2.08. The van der Waals surface area contributed by atoms with Gasteiger partial charge in [0.05, 0.1) is 5.88 Å². The molecule has 2 aliphatic rings. The van der Waals surface area contributed by atoms with Crippen molar-refractivity contribution in [2.24, 2.45) is 0 Å². The fraction of sp³-hybridized carbons (Fsp3) is 0.714. The largest absolute Gasteiger partial charge is 0.344 e. The molecule has 1 heterocycles. The number of amides is 2. The second-order valence-corrected chi connectivity index (χ2v) is 6.12. The summed E-state index contributed by atoms with van der Waals surface area (Å²) in [5, 5.41) is 0. The summed E-state index contributed by atoms with van der Waals surface area (Å²) in [6.45, 7) is 2.64. The van der Waals surface area contributed by atoms with E-state index in [0.29, 0.717) is 12.4 Å². The Morgan fingerprint density at radius 2 is 2.26 bits per heavy atom. The van der Waals surface area contributed by atoms with Crippen molar-refractivity contribution in [3.05, 3.63) is 11.6 Å². The fourth-order valence-electron chi connectivity index (χ4n) is 2.47. The van der Waals surface area contributed by atoms with Crippen molar-refractivity contribution in [2.75, 3.05) is 25.2 Å². The highest BCUT2D eigenvalue weighted by Crippen LogP contribution is 2.27. The molecule has 0 spiro atoms. The maximum atomic E-state index is 12.5. The Labute approximate surface area is 119 Å². The van der Waals surface area contributed by atoms with Gasteiger partial charge in [-0.05, 0) is 32.6 Å². The third kappa shape index (κ3) is 3.14. The molecule has 1 fully saturated rings. The topological polar surface area (TPSA) is 40.6 Å². The van der Waals surface area contributed by atoms with Crippen LogP contribution in [0, 0.1) is 0 Å². The van der Waals surface area contributed by atoms with Crippen molar-refractivity contribution in [1.82, 2.24) is 9.80 Å². The number of carbonyl (C=O) groups is 2. The number of thioether (sulfide) groups is 1. The molecule has 0 N–H and O–H groups in total. The number of nitrogens with zero attached hydrogens (tertiary/aromatic N) is 2. The Kier molecular flexibility index (Phi) is 4.91. The standard InChI is InChI=1S/C14H22N2O2S/c1-3-15(2)14(18)12-9-19-10-16(12)13(17)11-7-5-4-6-8-11/h7,12H,3-6,8-10H2,1-2H3/t12-/m1/s1. The average Bonchev–Trinajstić information content (AvgIpc) is 2.95. The molecule has 2 amide bonds. The summed E-state index contributed by atoms with van der Waals surface area (Å²) in [6.07, 6.45) is 6.18. The zero-order valence-electron chi connectivity index (χ0n) is 11.7. The molecule has 0 radical (unpaired) electrons. The van der Waals surface area contributed by atoms with Crippen LogP contribution in [0.15, 0.2) is 11.6 Å². The molecule has 1 aliphatic heterocycles. The van der Waals surface area contributed by atoms with E-state index in [1.807, 2.05) is 6.92 Å². The van der Waals surface area contributed by atoms with Crippen molar-refractivity contribution in [3.63, 3.8) is 0 Å². The van der Waals surface area contributed by atoms with Crippen molar-refractivity contribution >= 4 is 23.6 Å². The highest BCUT2D eigenvalue weighted by molar-refractivity contribution is 7.99. The highest BCUT2D eigenvalue weighted by Gasteiger charge is 2.36. The van der Waals surface area contributed by atoms with Crippen LogP contribution in [0.1, 0.15) is 32.6 Å². The molecule has 0 aromatic heterocycles. The zero-order valence-corrected chi connectivity index (χ0v) is 12.5. The van der Waals surface area contributed by atoms with Crippen LogP contribution in [0.2, 0.25) is 0 Å². The Hall–Kier alpha value is -0.970. The summed E-state index contributed by atoms with van der Waals surface area (Å²) in [6, 6.07) is -0.273. The minimum absolute atomic E-state index is 0.0669. The fourth-order valence-corrected chi connectivity index (χ4v) is 3.62. The maximum absolute atomic E-state index is 12.5. The second-order valence-electron chi connectivity index (χ2n) is 5.12. The van der Waals surface area contributed by atoms with Gasteiger partial charge in [-0.15, -0.1) is 11.8 Å². The lowest BCUT2D eigenvalue weighted by Gasteiger charge is -2.28. The van der Waals surface area contributed by atoms with Crippen LogP contribution in [0.25, 0.3) is 0 Å². The van der Waals surface area contributed by atoms with E-state index in [0.717, 1.165) is 30.6 Å². The molecule has 4 nitrogen and oxygen atoms in total. The third-order valence-electron chi connectivity index (χ3n) is 3.84. The van der Waals surface area contributed by atoms with Gasteiger partial charge in [0.1, 0.15) is 6.04 Å². The first-order valence-corrected chi connectivity index (χ1v) is 8.13.